The molecule has 4 nitrogen and oxygen atoms in total. The van der Waals surface area contributed by atoms with E-state index in [-0.39, 0.29) is 6.04 Å². The van der Waals surface area contributed by atoms with Crippen LogP contribution in [0.15, 0.2) is 30.5 Å². The SMILES string of the molecule is CCc1nn(C)cc1C(NN)c1cccc(C)c1. The van der Waals surface area contributed by atoms with E-state index < -0.39 is 0 Å². The van der Waals surface area contributed by atoms with Crippen molar-refractivity contribution in [1.29, 1.82) is 0 Å². The predicted octanol–water partition coefficient (Wildman–Crippen LogP) is 1.84. The van der Waals surface area contributed by atoms with Crippen LogP contribution in [0.1, 0.15) is 35.3 Å². The van der Waals surface area contributed by atoms with Gasteiger partial charge in [-0.2, -0.15) is 5.10 Å². The van der Waals surface area contributed by atoms with Crippen molar-refractivity contribution < 1.29 is 0 Å². The highest BCUT2D eigenvalue weighted by Crippen LogP contribution is 2.24. The molecule has 0 spiro atoms. The summed E-state index contributed by atoms with van der Waals surface area (Å²) in [6, 6.07) is 8.37. The fourth-order valence-corrected chi connectivity index (χ4v) is 2.28. The van der Waals surface area contributed by atoms with Crippen LogP contribution in [0.25, 0.3) is 0 Å². The summed E-state index contributed by atoms with van der Waals surface area (Å²) in [4.78, 5) is 0. The molecule has 2 rings (SSSR count). The minimum absolute atomic E-state index is 0.00597. The largest absolute Gasteiger partial charge is 0.275 e. The molecule has 0 saturated carbocycles. The van der Waals surface area contributed by atoms with E-state index in [1.54, 1.807) is 0 Å². The fraction of sp³-hybridized carbons (Fsp3) is 0.357. The molecule has 1 aromatic carbocycles. The standard InChI is InChI=1S/C14H20N4/c1-4-13-12(9-18(3)17-13)14(16-15)11-7-5-6-10(2)8-11/h5-9,14,16H,4,15H2,1-3H3. The number of hydrogen-bond acceptors (Lipinski definition) is 3. The summed E-state index contributed by atoms with van der Waals surface area (Å²) in [5, 5.41) is 4.47. The normalized spacial score (nSPS) is 12.7. The maximum atomic E-state index is 5.73. The van der Waals surface area contributed by atoms with Crippen LogP contribution >= 0.6 is 0 Å². The molecule has 3 N–H and O–H groups in total. The number of hydrazine groups is 1. The zero-order valence-electron chi connectivity index (χ0n) is 11.1. The molecule has 0 aliphatic heterocycles. The Kier molecular flexibility index (Phi) is 3.79. The van der Waals surface area contributed by atoms with Crippen LogP contribution in [0, 0.1) is 6.92 Å². The molecule has 0 aliphatic rings. The molecule has 1 atom stereocenters. The minimum Gasteiger partial charge on any atom is -0.275 e. The van der Waals surface area contributed by atoms with Gasteiger partial charge in [-0.05, 0) is 18.9 Å². The van der Waals surface area contributed by atoms with Gasteiger partial charge in [0.05, 0.1) is 11.7 Å². The van der Waals surface area contributed by atoms with Gasteiger partial charge in [0.15, 0.2) is 0 Å². The number of hydrogen-bond donors (Lipinski definition) is 2. The van der Waals surface area contributed by atoms with Crippen molar-refractivity contribution in [3.05, 3.63) is 52.8 Å². The number of aromatic nitrogens is 2. The van der Waals surface area contributed by atoms with Crippen molar-refractivity contribution >= 4 is 0 Å². The minimum atomic E-state index is -0.00597. The molecule has 0 bridgehead atoms. The maximum absolute atomic E-state index is 5.73. The van der Waals surface area contributed by atoms with Crippen LogP contribution in [-0.2, 0) is 13.5 Å². The molecular formula is C14H20N4. The Morgan fingerprint density at radius 1 is 1.44 bits per heavy atom. The molecule has 1 aromatic heterocycles. The van der Waals surface area contributed by atoms with Crippen molar-refractivity contribution in [2.75, 3.05) is 0 Å². The molecule has 0 radical (unpaired) electrons. The number of rotatable bonds is 4. The van der Waals surface area contributed by atoms with Gasteiger partial charge in [0.1, 0.15) is 0 Å². The zero-order valence-corrected chi connectivity index (χ0v) is 11.1. The van der Waals surface area contributed by atoms with E-state index in [9.17, 15) is 0 Å². The topological polar surface area (TPSA) is 55.9 Å². The van der Waals surface area contributed by atoms with Crippen molar-refractivity contribution in [1.82, 2.24) is 15.2 Å². The van der Waals surface area contributed by atoms with Gasteiger partial charge in [-0.25, -0.2) is 5.43 Å². The van der Waals surface area contributed by atoms with Gasteiger partial charge in [0.25, 0.3) is 0 Å². The lowest BCUT2D eigenvalue weighted by molar-refractivity contribution is 0.631. The Morgan fingerprint density at radius 3 is 2.83 bits per heavy atom. The van der Waals surface area contributed by atoms with Crippen LogP contribution < -0.4 is 11.3 Å². The lowest BCUT2D eigenvalue weighted by atomic mass is 9.97. The van der Waals surface area contributed by atoms with Crippen LogP contribution in [0.3, 0.4) is 0 Å². The number of aryl methyl sites for hydroxylation is 3. The lowest BCUT2D eigenvalue weighted by Crippen LogP contribution is -2.29. The van der Waals surface area contributed by atoms with E-state index in [2.05, 4.69) is 48.6 Å². The van der Waals surface area contributed by atoms with Gasteiger partial charge in [-0.15, -0.1) is 0 Å². The van der Waals surface area contributed by atoms with E-state index >= 15 is 0 Å². The third kappa shape index (κ3) is 2.44. The van der Waals surface area contributed by atoms with E-state index in [1.807, 2.05) is 17.9 Å². The molecule has 0 saturated heterocycles. The van der Waals surface area contributed by atoms with Gasteiger partial charge in [-0.1, -0.05) is 36.8 Å². The van der Waals surface area contributed by atoms with Crippen LogP contribution in [0.5, 0.6) is 0 Å². The smallest absolute Gasteiger partial charge is 0.0743 e. The first-order valence-electron chi connectivity index (χ1n) is 6.20. The zero-order chi connectivity index (χ0) is 13.1. The van der Waals surface area contributed by atoms with Gasteiger partial charge in [0.2, 0.25) is 0 Å². The molecule has 4 heteroatoms. The predicted molar refractivity (Wildman–Crippen MR) is 72.9 cm³/mol. The molecule has 1 unspecified atom stereocenters. The second-order valence-electron chi connectivity index (χ2n) is 4.57. The van der Waals surface area contributed by atoms with Gasteiger partial charge in [-0.3, -0.25) is 10.5 Å². The Balaban J connectivity index is 2.44. The Bertz CT molecular complexity index is 530. The van der Waals surface area contributed by atoms with Crippen LogP contribution in [0.4, 0.5) is 0 Å². The summed E-state index contributed by atoms with van der Waals surface area (Å²) in [6.07, 6.45) is 2.94. The number of nitrogens with zero attached hydrogens (tertiary/aromatic N) is 2. The Hall–Kier alpha value is -1.65. The molecule has 18 heavy (non-hydrogen) atoms. The van der Waals surface area contributed by atoms with Crippen molar-refractivity contribution in [2.24, 2.45) is 12.9 Å². The van der Waals surface area contributed by atoms with E-state index in [1.165, 1.54) is 11.1 Å². The third-order valence-corrected chi connectivity index (χ3v) is 3.13. The lowest BCUT2D eigenvalue weighted by Gasteiger charge is -2.16. The summed E-state index contributed by atoms with van der Waals surface area (Å²) >= 11 is 0. The Labute approximate surface area is 108 Å². The van der Waals surface area contributed by atoms with Crippen molar-refractivity contribution in [3.8, 4) is 0 Å². The Morgan fingerprint density at radius 2 is 2.22 bits per heavy atom. The van der Waals surface area contributed by atoms with E-state index in [0.29, 0.717) is 0 Å². The summed E-state index contributed by atoms with van der Waals surface area (Å²) in [7, 11) is 1.94. The van der Waals surface area contributed by atoms with Gasteiger partial charge in [0, 0.05) is 18.8 Å². The number of benzene rings is 1. The average Bonchev–Trinajstić information content (AvgIpc) is 2.71. The molecule has 0 amide bonds. The second kappa shape index (κ2) is 5.33. The summed E-state index contributed by atoms with van der Waals surface area (Å²) in [5.74, 6) is 5.73. The van der Waals surface area contributed by atoms with Gasteiger partial charge >= 0.3 is 0 Å². The highest BCUT2D eigenvalue weighted by atomic mass is 15.3. The fourth-order valence-electron chi connectivity index (χ4n) is 2.28. The second-order valence-corrected chi connectivity index (χ2v) is 4.57. The average molecular weight is 244 g/mol. The van der Waals surface area contributed by atoms with E-state index in [0.717, 1.165) is 17.7 Å². The highest BCUT2D eigenvalue weighted by Gasteiger charge is 2.18. The molecule has 2 aromatic rings. The molecule has 0 fully saturated rings. The van der Waals surface area contributed by atoms with Gasteiger partial charge < -0.3 is 0 Å². The highest BCUT2D eigenvalue weighted by molar-refractivity contribution is 5.35. The maximum Gasteiger partial charge on any atom is 0.0743 e. The van der Waals surface area contributed by atoms with E-state index in [4.69, 9.17) is 5.84 Å². The van der Waals surface area contributed by atoms with Crippen LogP contribution in [-0.4, -0.2) is 9.78 Å². The summed E-state index contributed by atoms with van der Waals surface area (Å²) in [6.45, 7) is 4.19. The quantitative estimate of drug-likeness (QED) is 0.637. The first-order valence-corrected chi connectivity index (χ1v) is 6.20. The van der Waals surface area contributed by atoms with Crippen LogP contribution in [0.2, 0.25) is 0 Å². The molecular weight excluding hydrogens is 224 g/mol. The first-order chi connectivity index (χ1) is 8.65. The number of nitrogens with two attached hydrogens (primary N) is 1. The molecule has 96 valence electrons. The summed E-state index contributed by atoms with van der Waals surface area (Å²) in [5.41, 5.74) is 7.53. The van der Waals surface area contributed by atoms with Crippen molar-refractivity contribution in [3.63, 3.8) is 0 Å². The monoisotopic (exact) mass is 244 g/mol. The third-order valence-electron chi connectivity index (χ3n) is 3.13. The van der Waals surface area contributed by atoms with Crippen molar-refractivity contribution in [2.45, 2.75) is 26.3 Å². The molecule has 0 aliphatic carbocycles. The summed E-state index contributed by atoms with van der Waals surface area (Å²) < 4.78 is 1.84. The first kappa shape index (κ1) is 12.8. The molecule has 1 heterocycles. The number of nitrogens with one attached hydrogen (secondary N) is 1.